The van der Waals surface area contributed by atoms with Gasteiger partial charge in [-0.2, -0.15) is 0 Å². The molecular formula is C11H17ClN2. The van der Waals surface area contributed by atoms with E-state index in [0.29, 0.717) is 5.15 Å². The van der Waals surface area contributed by atoms with E-state index in [1.165, 1.54) is 0 Å². The van der Waals surface area contributed by atoms with Crippen molar-refractivity contribution in [3.63, 3.8) is 0 Å². The monoisotopic (exact) mass is 212 g/mol. The van der Waals surface area contributed by atoms with Gasteiger partial charge in [-0.15, -0.1) is 0 Å². The first-order valence-electron chi connectivity index (χ1n) is 4.84. The number of nitrogens with one attached hydrogen (secondary N) is 1. The molecule has 1 aromatic heterocycles. The summed E-state index contributed by atoms with van der Waals surface area (Å²) in [6, 6.07) is 5.72. The van der Waals surface area contributed by atoms with Crippen molar-refractivity contribution in [3.05, 3.63) is 29.0 Å². The molecule has 1 aromatic rings. The highest BCUT2D eigenvalue weighted by molar-refractivity contribution is 6.29. The number of hydrogen-bond acceptors (Lipinski definition) is 2. The predicted octanol–water partition coefficient (Wildman–Crippen LogP) is 2.67. The number of rotatable bonds is 3. The van der Waals surface area contributed by atoms with Crippen LogP contribution in [0.1, 0.15) is 26.5 Å². The van der Waals surface area contributed by atoms with Gasteiger partial charge >= 0.3 is 0 Å². The average Bonchev–Trinajstić information content (AvgIpc) is 2.01. The molecule has 78 valence electrons. The van der Waals surface area contributed by atoms with E-state index in [1.54, 1.807) is 6.07 Å². The van der Waals surface area contributed by atoms with Gasteiger partial charge in [-0.05, 0) is 32.9 Å². The van der Waals surface area contributed by atoms with Crippen LogP contribution in [0.2, 0.25) is 5.15 Å². The summed E-state index contributed by atoms with van der Waals surface area (Å²) in [6.45, 7) is 7.38. The van der Waals surface area contributed by atoms with E-state index < -0.39 is 0 Å². The zero-order valence-corrected chi connectivity index (χ0v) is 9.73. The molecule has 0 unspecified atom stereocenters. The predicted molar refractivity (Wildman–Crippen MR) is 60.7 cm³/mol. The van der Waals surface area contributed by atoms with E-state index in [1.807, 2.05) is 12.1 Å². The van der Waals surface area contributed by atoms with E-state index in [0.717, 1.165) is 18.7 Å². The van der Waals surface area contributed by atoms with E-state index in [9.17, 15) is 0 Å². The number of nitrogens with zero attached hydrogens (tertiary/aromatic N) is 1. The van der Waals surface area contributed by atoms with Crippen LogP contribution < -0.4 is 5.32 Å². The van der Waals surface area contributed by atoms with E-state index in [-0.39, 0.29) is 5.54 Å². The van der Waals surface area contributed by atoms with Gasteiger partial charge in [0.25, 0.3) is 0 Å². The second-order valence-corrected chi connectivity index (χ2v) is 4.77. The average molecular weight is 213 g/mol. The number of hydrogen-bond donors (Lipinski definition) is 1. The van der Waals surface area contributed by atoms with Gasteiger partial charge in [0.05, 0.1) is 0 Å². The van der Waals surface area contributed by atoms with Gasteiger partial charge in [0.2, 0.25) is 0 Å². The van der Waals surface area contributed by atoms with Crippen molar-refractivity contribution in [3.8, 4) is 0 Å². The first kappa shape index (κ1) is 11.5. The molecule has 0 aliphatic rings. The minimum absolute atomic E-state index is 0.165. The molecule has 0 atom stereocenters. The Morgan fingerprint density at radius 1 is 1.36 bits per heavy atom. The Morgan fingerprint density at radius 2 is 2.07 bits per heavy atom. The Morgan fingerprint density at radius 3 is 2.64 bits per heavy atom. The SMILES string of the molecule is CC(C)(C)NCCc1cccc(Cl)n1. The molecule has 0 bridgehead atoms. The van der Waals surface area contributed by atoms with Crippen LogP contribution >= 0.6 is 11.6 Å². The fourth-order valence-electron chi connectivity index (χ4n) is 1.16. The minimum Gasteiger partial charge on any atom is -0.312 e. The summed E-state index contributed by atoms with van der Waals surface area (Å²) in [4.78, 5) is 4.22. The van der Waals surface area contributed by atoms with Gasteiger partial charge in [0.15, 0.2) is 0 Å². The number of halogens is 1. The molecule has 0 saturated heterocycles. The summed E-state index contributed by atoms with van der Waals surface area (Å²) in [6.07, 6.45) is 0.915. The van der Waals surface area contributed by atoms with Crippen LogP contribution in [0, 0.1) is 0 Å². The summed E-state index contributed by atoms with van der Waals surface area (Å²) < 4.78 is 0. The molecule has 0 fully saturated rings. The molecular weight excluding hydrogens is 196 g/mol. The maximum atomic E-state index is 5.78. The molecule has 0 amide bonds. The molecule has 1 heterocycles. The fourth-order valence-corrected chi connectivity index (χ4v) is 1.34. The molecule has 0 saturated carbocycles. The molecule has 3 heteroatoms. The van der Waals surface area contributed by atoms with E-state index >= 15 is 0 Å². The van der Waals surface area contributed by atoms with Crippen molar-refractivity contribution >= 4 is 11.6 Å². The summed E-state index contributed by atoms with van der Waals surface area (Å²) in [7, 11) is 0. The van der Waals surface area contributed by atoms with Crippen LogP contribution in [-0.2, 0) is 6.42 Å². The quantitative estimate of drug-likeness (QED) is 0.780. The normalized spacial score (nSPS) is 11.7. The Balaban J connectivity index is 2.39. The minimum atomic E-state index is 0.165. The van der Waals surface area contributed by atoms with Gasteiger partial charge in [-0.25, -0.2) is 4.98 Å². The fraction of sp³-hybridized carbons (Fsp3) is 0.545. The molecule has 14 heavy (non-hydrogen) atoms. The molecule has 0 aliphatic heterocycles. The topological polar surface area (TPSA) is 24.9 Å². The zero-order chi connectivity index (χ0) is 10.6. The van der Waals surface area contributed by atoms with Crippen LogP contribution in [0.15, 0.2) is 18.2 Å². The largest absolute Gasteiger partial charge is 0.312 e. The van der Waals surface area contributed by atoms with Crippen LogP contribution in [0.25, 0.3) is 0 Å². The van der Waals surface area contributed by atoms with Crippen molar-refractivity contribution in [2.45, 2.75) is 32.7 Å². The molecule has 1 N–H and O–H groups in total. The van der Waals surface area contributed by atoms with Gasteiger partial charge < -0.3 is 5.32 Å². The Kier molecular flexibility index (Phi) is 3.90. The second-order valence-electron chi connectivity index (χ2n) is 4.38. The smallest absolute Gasteiger partial charge is 0.129 e. The lowest BCUT2D eigenvalue weighted by Crippen LogP contribution is -2.37. The first-order chi connectivity index (χ1) is 6.47. The standard InChI is InChI=1S/C11H17ClN2/c1-11(2,3)13-8-7-9-5-4-6-10(12)14-9/h4-6,13H,7-8H2,1-3H3. The van der Waals surface area contributed by atoms with Crippen LogP contribution in [0.3, 0.4) is 0 Å². The van der Waals surface area contributed by atoms with Crippen molar-refractivity contribution in [2.24, 2.45) is 0 Å². The summed E-state index contributed by atoms with van der Waals surface area (Å²) >= 11 is 5.78. The van der Waals surface area contributed by atoms with Crippen molar-refractivity contribution in [1.29, 1.82) is 0 Å². The van der Waals surface area contributed by atoms with E-state index in [2.05, 4.69) is 31.1 Å². The van der Waals surface area contributed by atoms with Crippen LogP contribution in [0.5, 0.6) is 0 Å². The van der Waals surface area contributed by atoms with Gasteiger partial charge in [-0.1, -0.05) is 17.7 Å². The summed E-state index contributed by atoms with van der Waals surface area (Å²) in [5.41, 5.74) is 1.20. The zero-order valence-electron chi connectivity index (χ0n) is 8.97. The van der Waals surface area contributed by atoms with Crippen LogP contribution in [0.4, 0.5) is 0 Å². The third-order valence-corrected chi connectivity index (χ3v) is 2.02. The molecule has 0 aliphatic carbocycles. The van der Waals surface area contributed by atoms with Gasteiger partial charge in [0, 0.05) is 24.2 Å². The summed E-state index contributed by atoms with van der Waals surface area (Å²) in [5, 5.41) is 3.97. The number of pyridine rings is 1. The van der Waals surface area contributed by atoms with Crippen molar-refractivity contribution < 1.29 is 0 Å². The third-order valence-electron chi connectivity index (χ3n) is 1.81. The Labute approximate surface area is 90.7 Å². The lowest BCUT2D eigenvalue weighted by Gasteiger charge is -2.20. The third kappa shape index (κ3) is 4.58. The highest BCUT2D eigenvalue weighted by atomic mass is 35.5. The first-order valence-corrected chi connectivity index (χ1v) is 5.22. The molecule has 0 spiro atoms. The Hall–Kier alpha value is -0.600. The molecule has 0 radical (unpaired) electrons. The molecule has 1 rings (SSSR count). The second kappa shape index (κ2) is 4.76. The lowest BCUT2D eigenvalue weighted by atomic mass is 10.1. The molecule has 0 aromatic carbocycles. The maximum absolute atomic E-state index is 5.78. The lowest BCUT2D eigenvalue weighted by molar-refractivity contribution is 0.428. The Bertz CT molecular complexity index is 292. The highest BCUT2D eigenvalue weighted by Gasteiger charge is 2.07. The highest BCUT2D eigenvalue weighted by Crippen LogP contribution is 2.05. The number of aromatic nitrogens is 1. The maximum Gasteiger partial charge on any atom is 0.129 e. The molecule has 2 nitrogen and oxygen atoms in total. The van der Waals surface area contributed by atoms with Crippen molar-refractivity contribution in [1.82, 2.24) is 10.3 Å². The van der Waals surface area contributed by atoms with Gasteiger partial charge in [0.1, 0.15) is 5.15 Å². The van der Waals surface area contributed by atoms with E-state index in [4.69, 9.17) is 11.6 Å². The van der Waals surface area contributed by atoms with Gasteiger partial charge in [-0.3, -0.25) is 0 Å². The van der Waals surface area contributed by atoms with Crippen molar-refractivity contribution in [2.75, 3.05) is 6.54 Å². The van der Waals surface area contributed by atoms with Crippen LogP contribution in [-0.4, -0.2) is 17.1 Å². The summed E-state index contributed by atoms with van der Waals surface area (Å²) in [5.74, 6) is 0.